The summed E-state index contributed by atoms with van der Waals surface area (Å²) in [5.41, 5.74) is -0.221. The number of rotatable bonds is 10. The molecule has 0 aliphatic rings. The number of halogens is 6. The molecule has 2 aromatic carbocycles. The summed E-state index contributed by atoms with van der Waals surface area (Å²) in [6.07, 6.45) is -9.36. The van der Waals surface area contributed by atoms with E-state index in [2.05, 4.69) is 0 Å². The van der Waals surface area contributed by atoms with Crippen molar-refractivity contribution in [3.63, 3.8) is 0 Å². The molecule has 172 valence electrons. The highest BCUT2D eigenvalue weighted by Crippen LogP contribution is 2.38. The van der Waals surface area contributed by atoms with Crippen LogP contribution in [0, 0.1) is 0 Å². The number of hydrogen-bond acceptors (Lipinski definition) is 3. The van der Waals surface area contributed by atoms with E-state index in [4.69, 9.17) is 14.2 Å². The third kappa shape index (κ3) is 7.34. The largest absolute Gasteiger partial charge is 0.494 e. The van der Waals surface area contributed by atoms with Crippen molar-refractivity contribution in [3.05, 3.63) is 59.7 Å². The molecule has 0 heterocycles. The SMILES string of the molecule is CCOc1ccc([C@@H](COC[C@H](c2ccc(OCC)cc2)C(F)(F)F)C(F)(F)F)cc1. The van der Waals surface area contributed by atoms with Gasteiger partial charge in [-0.2, -0.15) is 26.3 Å². The summed E-state index contributed by atoms with van der Waals surface area (Å²) in [7, 11) is 0. The first-order valence-electron chi connectivity index (χ1n) is 9.72. The summed E-state index contributed by atoms with van der Waals surface area (Å²) in [6, 6.07) is 10.5. The summed E-state index contributed by atoms with van der Waals surface area (Å²) in [6.45, 7) is 2.33. The molecular weight excluding hydrogens is 426 g/mol. The van der Waals surface area contributed by atoms with Crippen LogP contribution >= 0.6 is 0 Å². The summed E-state index contributed by atoms with van der Waals surface area (Å²) in [5, 5.41) is 0. The predicted molar refractivity (Wildman–Crippen MR) is 104 cm³/mol. The topological polar surface area (TPSA) is 27.7 Å². The molecule has 3 nitrogen and oxygen atoms in total. The molecule has 0 amide bonds. The van der Waals surface area contributed by atoms with Gasteiger partial charge in [0.1, 0.15) is 23.3 Å². The molecular formula is C22H24F6O3. The average molecular weight is 450 g/mol. The molecule has 0 radical (unpaired) electrons. The second kappa shape index (κ2) is 10.7. The Kier molecular flexibility index (Phi) is 8.61. The van der Waals surface area contributed by atoms with Gasteiger partial charge < -0.3 is 14.2 Å². The first-order valence-corrected chi connectivity index (χ1v) is 9.72. The Balaban J connectivity index is 2.11. The Hall–Kier alpha value is -2.42. The molecule has 0 aromatic heterocycles. The molecule has 0 saturated heterocycles. The zero-order valence-electron chi connectivity index (χ0n) is 17.1. The Bertz CT molecular complexity index is 717. The molecule has 0 aliphatic carbocycles. The van der Waals surface area contributed by atoms with Gasteiger partial charge in [-0.05, 0) is 49.2 Å². The minimum Gasteiger partial charge on any atom is -0.494 e. The maximum absolute atomic E-state index is 13.5. The van der Waals surface area contributed by atoms with E-state index in [-0.39, 0.29) is 11.1 Å². The van der Waals surface area contributed by atoms with Crippen molar-refractivity contribution in [2.75, 3.05) is 26.4 Å². The van der Waals surface area contributed by atoms with Crippen molar-refractivity contribution in [1.29, 1.82) is 0 Å². The molecule has 9 heteroatoms. The van der Waals surface area contributed by atoms with Crippen LogP contribution < -0.4 is 9.47 Å². The first kappa shape index (κ1) is 24.8. The highest BCUT2D eigenvalue weighted by Gasteiger charge is 2.43. The molecule has 0 fully saturated rings. The highest BCUT2D eigenvalue weighted by molar-refractivity contribution is 5.31. The van der Waals surface area contributed by atoms with Crippen LogP contribution in [0.2, 0.25) is 0 Å². The number of ether oxygens (including phenoxy) is 3. The van der Waals surface area contributed by atoms with E-state index in [1.54, 1.807) is 13.8 Å². The molecule has 0 unspecified atom stereocenters. The standard InChI is InChI=1S/C22H24F6O3/c1-3-30-17-9-5-15(6-10-17)19(21(23,24)25)13-29-14-20(22(26,27)28)16-7-11-18(12-8-16)31-4-2/h5-12,19-20H,3-4,13-14H2,1-2H3/t19-,20-/m1/s1. The first-order chi connectivity index (χ1) is 14.6. The van der Waals surface area contributed by atoms with Gasteiger partial charge in [-0.15, -0.1) is 0 Å². The van der Waals surface area contributed by atoms with E-state index in [0.29, 0.717) is 24.7 Å². The minimum absolute atomic E-state index is 0.111. The van der Waals surface area contributed by atoms with Crippen molar-refractivity contribution >= 4 is 0 Å². The van der Waals surface area contributed by atoms with Crippen molar-refractivity contribution in [2.24, 2.45) is 0 Å². The zero-order chi connectivity index (χ0) is 23.1. The molecule has 31 heavy (non-hydrogen) atoms. The van der Waals surface area contributed by atoms with Gasteiger partial charge in [-0.1, -0.05) is 24.3 Å². The molecule has 0 bridgehead atoms. The highest BCUT2D eigenvalue weighted by atomic mass is 19.4. The normalized spacial score (nSPS) is 14.2. The van der Waals surface area contributed by atoms with Gasteiger partial charge in [0.15, 0.2) is 0 Å². The quantitative estimate of drug-likeness (QED) is 0.387. The third-order valence-electron chi connectivity index (χ3n) is 4.55. The number of alkyl halides is 6. The van der Waals surface area contributed by atoms with E-state index in [9.17, 15) is 26.3 Å². The lowest BCUT2D eigenvalue weighted by Crippen LogP contribution is -2.29. The Morgan fingerprint density at radius 2 is 0.935 bits per heavy atom. The lowest BCUT2D eigenvalue weighted by Gasteiger charge is -2.24. The molecule has 0 N–H and O–H groups in total. The van der Waals surface area contributed by atoms with E-state index >= 15 is 0 Å². The molecule has 2 aromatic rings. The number of hydrogen-bond donors (Lipinski definition) is 0. The van der Waals surface area contributed by atoms with Crippen molar-refractivity contribution in [2.45, 2.75) is 38.0 Å². The van der Waals surface area contributed by atoms with Crippen LogP contribution in [0.3, 0.4) is 0 Å². The van der Waals surface area contributed by atoms with E-state index in [1.807, 2.05) is 0 Å². The molecule has 2 rings (SSSR count). The smallest absolute Gasteiger partial charge is 0.397 e. The van der Waals surface area contributed by atoms with Crippen LogP contribution in [0.25, 0.3) is 0 Å². The Labute approximate surface area is 176 Å². The van der Waals surface area contributed by atoms with Crippen molar-refractivity contribution in [1.82, 2.24) is 0 Å². The summed E-state index contributed by atoms with van der Waals surface area (Å²) < 4.78 is 96.4. The Morgan fingerprint density at radius 3 is 1.19 bits per heavy atom. The maximum Gasteiger partial charge on any atom is 0.397 e. The van der Waals surface area contributed by atoms with Crippen molar-refractivity contribution < 1.29 is 40.6 Å². The second-order valence-corrected chi connectivity index (χ2v) is 6.73. The Morgan fingerprint density at radius 1 is 0.613 bits per heavy atom. The summed E-state index contributed by atoms with van der Waals surface area (Å²) >= 11 is 0. The van der Waals surface area contributed by atoms with Crippen LogP contribution in [-0.4, -0.2) is 38.8 Å². The van der Waals surface area contributed by atoms with Crippen LogP contribution in [0.1, 0.15) is 36.8 Å². The van der Waals surface area contributed by atoms with Gasteiger partial charge in [0.2, 0.25) is 0 Å². The van der Waals surface area contributed by atoms with Gasteiger partial charge in [0.25, 0.3) is 0 Å². The minimum atomic E-state index is -4.68. The van der Waals surface area contributed by atoms with Gasteiger partial charge >= 0.3 is 12.4 Å². The monoisotopic (exact) mass is 450 g/mol. The molecule has 0 spiro atoms. The van der Waals surface area contributed by atoms with Gasteiger partial charge in [-0.3, -0.25) is 0 Å². The number of benzene rings is 2. The van der Waals surface area contributed by atoms with Crippen LogP contribution in [0.5, 0.6) is 11.5 Å². The molecule has 2 atom stereocenters. The van der Waals surface area contributed by atoms with Crippen molar-refractivity contribution in [3.8, 4) is 11.5 Å². The molecule has 0 aliphatic heterocycles. The van der Waals surface area contributed by atoms with Crippen LogP contribution in [-0.2, 0) is 4.74 Å². The molecule has 0 saturated carbocycles. The van der Waals surface area contributed by atoms with E-state index in [0.717, 1.165) is 0 Å². The van der Waals surface area contributed by atoms with Gasteiger partial charge in [0.05, 0.1) is 26.4 Å². The maximum atomic E-state index is 13.5. The third-order valence-corrected chi connectivity index (χ3v) is 4.55. The van der Waals surface area contributed by atoms with E-state index < -0.39 is 37.4 Å². The predicted octanol–water partition coefficient (Wildman–Crippen LogP) is 6.49. The summed E-state index contributed by atoms with van der Waals surface area (Å²) in [4.78, 5) is 0. The van der Waals surface area contributed by atoms with Crippen LogP contribution in [0.15, 0.2) is 48.5 Å². The average Bonchev–Trinajstić information content (AvgIpc) is 2.68. The van der Waals surface area contributed by atoms with Gasteiger partial charge in [-0.25, -0.2) is 0 Å². The second-order valence-electron chi connectivity index (χ2n) is 6.73. The van der Waals surface area contributed by atoms with E-state index in [1.165, 1.54) is 48.5 Å². The zero-order valence-corrected chi connectivity index (χ0v) is 17.1. The van der Waals surface area contributed by atoms with Gasteiger partial charge in [0, 0.05) is 0 Å². The lowest BCUT2D eigenvalue weighted by atomic mass is 9.98. The van der Waals surface area contributed by atoms with Crippen LogP contribution in [0.4, 0.5) is 26.3 Å². The fourth-order valence-corrected chi connectivity index (χ4v) is 2.99. The summed E-state index contributed by atoms with van der Waals surface area (Å²) in [5.74, 6) is -3.31. The lowest BCUT2D eigenvalue weighted by molar-refractivity contribution is -0.177. The fraction of sp³-hybridized carbons (Fsp3) is 0.455. The fourth-order valence-electron chi connectivity index (χ4n) is 2.99.